The molecular weight excluding hydrogens is 585 g/mol. The lowest BCUT2D eigenvalue weighted by atomic mass is 9.90. The minimum atomic E-state index is 0.587. The summed E-state index contributed by atoms with van der Waals surface area (Å²) in [6, 6.07) is 58.9. The molecule has 0 spiro atoms. The number of para-hydroxylation sites is 3. The van der Waals surface area contributed by atoms with Gasteiger partial charge in [-0.05, 0) is 71.3 Å². The Morgan fingerprint density at radius 3 is 1.58 bits per heavy atom. The lowest BCUT2D eigenvalue weighted by molar-refractivity contribution is 1.18. The predicted octanol–water partition coefficient (Wildman–Crippen LogP) is 11.0. The lowest BCUT2D eigenvalue weighted by Gasteiger charge is -2.18. The van der Waals surface area contributed by atoms with Crippen LogP contribution in [0.5, 0.6) is 0 Å². The van der Waals surface area contributed by atoms with Gasteiger partial charge in [0.05, 0.1) is 51.0 Å². The van der Waals surface area contributed by atoms with Gasteiger partial charge >= 0.3 is 0 Å². The Hall–Kier alpha value is -6.88. The first-order valence-electron chi connectivity index (χ1n) is 15.9. The van der Waals surface area contributed by atoms with E-state index >= 15 is 0 Å². The third-order valence-electron chi connectivity index (χ3n) is 9.43. The van der Waals surface area contributed by atoms with Crippen molar-refractivity contribution in [1.82, 2.24) is 9.13 Å². The van der Waals surface area contributed by atoms with E-state index in [9.17, 15) is 10.5 Å². The molecule has 2 aromatic heterocycles. The average Bonchev–Trinajstić information content (AvgIpc) is 3.68. The summed E-state index contributed by atoms with van der Waals surface area (Å²) >= 11 is 0. The van der Waals surface area contributed by atoms with Crippen LogP contribution in [0, 0.1) is 22.7 Å². The Kier molecular flexibility index (Phi) is 6.22. The molecule has 7 aromatic carbocycles. The molecule has 4 heteroatoms. The van der Waals surface area contributed by atoms with Gasteiger partial charge in [-0.1, -0.05) is 103 Å². The molecule has 2 heterocycles. The summed E-state index contributed by atoms with van der Waals surface area (Å²) in [5.74, 6) is 0. The Bertz CT molecular complexity index is 2750. The molecule has 0 atom stereocenters. The third kappa shape index (κ3) is 4.01. The van der Waals surface area contributed by atoms with Crippen LogP contribution in [-0.4, -0.2) is 9.13 Å². The minimum absolute atomic E-state index is 0.587. The second kappa shape index (κ2) is 10.9. The van der Waals surface area contributed by atoms with Crippen molar-refractivity contribution in [2.24, 2.45) is 0 Å². The van der Waals surface area contributed by atoms with Gasteiger partial charge in [-0.2, -0.15) is 10.5 Å². The zero-order chi connectivity index (χ0) is 32.2. The van der Waals surface area contributed by atoms with Gasteiger partial charge < -0.3 is 9.13 Å². The molecule has 9 rings (SSSR count). The lowest BCUT2D eigenvalue weighted by Crippen LogP contribution is -2.00. The van der Waals surface area contributed by atoms with E-state index in [0.717, 1.165) is 55.4 Å². The van der Waals surface area contributed by atoms with Gasteiger partial charge in [0, 0.05) is 32.8 Å². The molecule has 0 aliphatic heterocycles. The quantitative estimate of drug-likeness (QED) is 0.199. The Balaban J connectivity index is 1.25. The molecule has 4 nitrogen and oxygen atoms in total. The highest BCUT2D eigenvalue weighted by Gasteiger charge is 2.21. The fourth-order valence-corrected chi connectivity index (χ4v) is 7.42. The van der Waals surface area contributed by atoms with Crippen molar-refractivity contribution in [1.29, 1.82) is 10.5 Å². The molecule has 0 saturated heterocycles. The smallest absolute Gasteiger partial charge is 0.0998 e. The second-order valence-corrected chi connectivity index (χ2v) is 11.9. The standard InChI is InChI=1S/C44H26N4/c45-27-30-11-9-21-41(48-40-20-8-5-17-37(40)44-31(28-46)12-10-22-42(44)48)43(30)36-16-2-1-13-33(36)29-23-25-32(26-24-29)47-38-18-6-3-14-34(38)35-15-4-7-19-39(35)47/h1-26H. The van der Waals surface area contributed by atoms with Crippen LogP contribution >= 0.6 is 0 Å². The molecule has 0 saturated carbocycles. The van der Waals surface area contributed by atoms with Crippen LogP contribution in [0.3, 0.4) is 0 Å². The maximum absolute atomic E-state index is 10.5. The van der Waals surface area contributed by atoms with Crippen LogP contribution in [-0.2, 0) is 0 Å². The minimum Gasteiger partial charge on any atom is -0.309 e. The van der Waals surface area contributed by atoms with E-state index in [1.54, 1.807) is 0 Å². The highest BCUT2D eigenvalue weighted by molar-refractivity contribution is 6.12. The maximum atomic E-state index is 10.5. The maximum Gasteiger partial charge on any atom is 0.0998 e. The Morgan fingerprint density at radius 1 is 0.396 bits per heavy atom. The zero-order valence-corrected chi connectivity index (χ0v) is 25.8. The second-order valence-electron chi connectivity index (χ2n) is 11.9. The highest BCUT2D eigenvalue weighted by Crippen LogP contribution is 2.42. The van der Waals surface area contributed by atoms with Crippen LogP contribution in [0.2, 0.25) is 0 Å². The molecular formula is C44H26N4. The van der Waals surface area contributed by atoms with E-state index in [-0.39, 0.29) is 0 Å². The van der Waals surface area contributed by atoms with Gasteiger partial charge in [0.25, 0.3) is 0 Å². The topological polar surface area (TPSA) is 57.4 Å². The molecule has 0 fully saturated rings. The van der Waals surface area contributed by atoms with Crippen LogP contribution < -0.4 is 0 Å². The summed E-state index contributed by atoms with van der Waals surface area (Å²) in [6.45, 7) is 0. The van der Waals surface area contributed by atoms with E-state index in [1.807, 2.05) is 48.5 Å². The van der Waals surface area contributed by atoms with Gasteiger partial charge in [0.15, 0.2) is 0 Å². The fraction of sp³-hybridized carbons (Fsp3) is 0. The summed E-state index contributed by atoms with van der Waals surface area (Å²) in [7, 11) is 0. The SMILES string of the molecule is N#Cc1cccc(-n2c3ccccc3c3c(C#N)cccc32)c1-c1ccccc1-c1ccc(-n2c3ccccc3c3ccccc32)cc1. The van der Waals surface area contributed by atoms with Gasteiger partial charge in [-0.25, -0.2) is 0 Å². The number of aromatic nitrogens is 2. The number of rotatable bonds is 4. The largest absolute Gasteiger partial charge is 0.309 e. The summed E-state index contributed by atoms with van der Waals surface area (Å²) < 4.78 is 4.52. The molecule has 0 amide bonds. The summed E-state index contributed by atoms with van der Waals surface area (Å²) in [5, 5.41) is 24.9. The van der Waals surface area contributed by atoms with E-state index in [4.69, 9.17) is 0 Å². The van der Waals surface area contributed by atoms with Crippen molar-refractivity contribution in [3.8, 4) is 45.8 Å². The first kappa shape index (κ1) is 27.4. The number of fused-ring (bicyclic) bond motifs is 6. The molecule has 0 aliphatic carbocycles. The van der Waals surface area contributed by atoms with Crippen LogP contribution in [0.25, 0.3) is 77.2 Å². The molecule has 48 heavy (non-hydrogen) atoms. The van der Waals surface area contributed by atoms with Crippen molar-refractivity contribution in [3.63, 3.8) is 0 Å². The normalized spacial score (nSPS) is 11.3. The van der Waals surface area contributed by atoms with Crippen molar-refractivity contribution in [2.45, 2.75) is 0 Å². The van der Waals surface area contributed by atoms with E-state index in [2.05, 4.69) is 130 Å². The van der Waals surface area contributed by atoms with E-state index in [1.165, 1.54) is 21.8 Å². The first-order valence-corrected chi connectivity index (χ1v) is 15.9. The first-order chi connectivity index (χ1) is 23.8. The van der Waals surface area contributed by atoms with E-state index < -0.39 is 0 Å². The summed E-state index contributed by atoms with van der Waals surface area (Å²) in [5.41, 5.74) is 11.4. The number of nitrogens with zero attached hydrogens (tertiary/aromatic N) is 4. The third-order valence-corrected chi connectivity index (χ3v) is 9.43. The molecule has 9 aromatic rings. The molecule has 0 unspecified atom stereocenters. The number of nitriles is 2. The molecule has 222 valence electrons. The van der Waals surface area contributed by atoms with Crippen molar-refractivity contribution < 1.29 is 0 Å². The van der Waals surface area contributed by atoms with Crippen LogP contribution in [0.15, 0.2) is 158 Å². The summed E-state index contributed by atoms with van der Waals surface area (Å²) in [4.78, 5) is 0. The van der Waals surface area contributed by atoms with Gasteiger partial charge in [-0.15, -0.1) is 0 Å². The zero-order valence-electron chi connectivity index (χ0n) is 25.8. The average molecular weight is 611 g/mol. The van der Waals surface area contributed by atoms with Gasteiger partial charge in [0.1, 0.15) is 0 Å². The molecule has 0 bridgehead atoms. The van der Waals surface area contributed by atoms with Crippen molar-refractivity contribution >= 4 is 43.6 Å². The van der Waals surface area contributed by atoms with Gasteiger partial charge in [-0.3, -0.25) is 0 Å². The van der Waals surface area contributed by atoms with Gasteiger partial charge in [0.2, 0.25) is 0 Å². The van der Waals surface area contributed by atoms with Crippen LogP contribution in [0.1, 0.15) is 11.1 Å². The fourth-order valence-electron chi connectivity index (χ4n) is 7.42. The molecule has 0 radical (unpaired) electrons. The number of hydrogen-bond donors (Lipinski definition) is 0. The monoisotopic (exact) mass is 610 g/mol. The number of hydrogen-bond acceptors (Lipinski definition) is 2. The highest BCUT2D eigenvalue weighted by atomic mass is 15.0. The predicted molar refractivity (Wildman–Crippen MR) is 195 cm³/mol. The molecule has 0 N–H and O–H groups in total. The Labute approximate surface area is 277 Å². The van der Waals surface area contributed by atoms with Crippen molar-refractivity contribution in [2.75, 3.05) is 0 Å². The summed E-state index contributed by atoms with van der Waals surface area (Å²) in [6.07, 6.45) is 0. The number of benzene rings is 7. The van der Waals surface area contributed by atoms with Crippen LogP contribution in [0.4, 0.5) is 0 Å². The Morgan fingerprint density at radius 2 is 0.917 bits per heavy atom. The van der Waals surface area contributed by atoms with E-state index in [0.29, 0.717) is 11.1 Å². The molecule has 0 aliphatic rings. The van der Waals surface area contributed by atoms with Crippen molar-refractivity contribution in [3.05, 3.63) is 169 Å².